The van der Waals surface area contributed by atoms with E-state index in [1.807, 2.05) is 0 Å². The van der Waals surface area contributed by atoms with E-state index in [1.54, 1.807) is 0 Å². The lowest BCUT2D eigenvalue weighted by atomic mass is 9.97. The van der Waals surface area contributed by atoms with Gasteiger partial charge in [-0.15, -0.1) is 12.4 Å². The molecule has 0 spiro atoms. The van der Waals surface area contributed by atoms with E-state index in [2.05, 4.69) is 16.0 Å². The largest absolute Gasteiger partial charge is 0.324 e. The second-order valence-corrected chi connectivity index (χ2v) is 5.01. The first-order chi connectivity index (χ1) is 9.97. The van der Waals surface area contributed by atoms with Gasteiger partial charge in [0.25, 0.3) is 0 Å². The quantitative estimate of drug-likeness (QED) is 0.795. The summed E-state index contributed by atoms with van der Waals surface area (Å²) in [6, 6.07) is 1.73. The monoisotopic (exact) mass is 333 g/mol. The van der Waals surface area contributed by atoms with Crippen LogP contribution < -0.4 is 16.0 Å². The molecule has 22 heavy (non-hydrogen) atoms. The van der Waals surface area contributed by atoms with Gasteiger partial charge in [0.05, 0.1) is 11.4 Å². The number of amides is 2. The van der Waals surface area contributed by atoms with Gasteiger partial charge in [0.15, 0.2) is 11.6 Å². The van der Waals surface area contributed by atoms with Crippen molar-refractivity contribution >= 4 is 35.6 Å². The molecule has 0 unspecified atom stereocenters. The zero-order valence-electron chi connectivity index (χ0n) is 12.0. The molecule has 3 N–H and O–H groups in total. The Hall–Kier alpha value is -1.73. The zero-order valence-corrected chi connectivity index (χ0v) is 12.9. The number of halogens is 3. The molecule has 0 aromatic heterocycles. The summed E-state index contributed by atoms with van der Waals surface area (Å²) in [5.41, 5.74) is 0.108. The molecule has 1 aromatic carbocycles. The molecule has 1 fully saturated rings. The summed E-state index contributed by atoms with van der Waals surface area (Å²) in [5, 5.41) is 8.08. The van der Waals surface area contributed by atoms with Crippen molar-refractivity contribution in [3.63, 3.8) is 0 Å². The Balaban J connectivity index is 0.00000242. The standard InChI is InChI=1S/C14H17F2N3O2.ClH/c1-8(20)18-12-6-10(15)11(16)7-13(12)19-14(21)9-2-4-17-5-3-9;/h6-7,9,17H,2-5H2,1H3,(H,18,20)(H,19,21);1H. The maximum Gasteiger partial charge on any atom is 0.227 e. The summed E-state index contributed by atoms with van der Waals surface area (Å²) < 4.78 is 26.6. The fourth-order valence-electron chi connectivity index (χ4n) is 2.26. The molecule has 2 amide bonds. The summed E-state index contributed by atoms with van der Waals surface area (Å²) in [7, 11) is 0. The third-order valence-corrected chi connectivity index (χ3v) is 3.34. The molecule has 1 aliphatic rings. The summed E-state index contributed by atoms with van der Waals surface area (Å²) in [6.45, 7) is 2.74. The normalized spacial score (nSPS) is 14.9. The summed E-state index contributed by atoms with van der Waals surface area (Å²) in [5.74, 6) is -3.03. The molecule has 1 saturated heterocycles. The zero-order chi connectivity index (χ0) is 15.4. The van der Waals surface area contributed by atoms with E-state index < -0.39 is 17.5 Å². The van der Waals surface area contributed by atoms with Crippen LogP contribution in [0.5, 0.6) is 0 Å². The SMILES string of the molecule is CC(=O)Nc1cc(F)c(F)cc1NC(=O)C1CCNCC1.Cl. The van der Waals surface area contributed by atoms with Gasteiger partial charge in [0.2, 0.25) is 11.8 Å². The summed E-state index contributed by atoms with van der Waals surface area (Å²) >= 11 is 0. The molecule has 0 saturated carbocycles. The molecular weight excluding hydrogens is 316 g/mol. The number of piperidine rings is 1. The topological polar surface area (TPSA) is 70.2 Å². The molecule has 0 bridgehead atoms. The predicted octanol–water partition coefficient (Wildman–Crippen LogP) is 2.28. The van der Waals surface area contributed by atoms with Crippen molar-refractivity contribution in [1.29, 1.82) is 0 Å². The molecule has 1 aromatic rings. The van der Waals surface area contributed by atoms with E-state index in [0.717, 1.165) is 25.2 Å². The van der Waals surface area contributed by atoms with Gasteiger partial charge in [0, 0.05) is 25.0 Å². The predicted molar refractivity (Wildman–Crippen MR) is 82.1 cm³/mol. The Morgan fingerprint density at radius 1 is 1.09 bits per heavy atom. The summed E-state index contributed by atoms with van der Waals surface area (Å²) in [4.78, 5) is 23.2. The first-order valence-corrected chi connectivity index (χ1v) is 6.75. The van der Waals surface area contributed by atoms with E-state index in [9.17, 15) is 18.4 Å². The maximum absolute atomic E-state index is 13.3. The van der Waals surface area contributed by atoms with Gasteiger partial charge in [-0.2, -0.15) is 0 Å². The highest BCUT2D eigenvalue weighted by molar-refractivity contribution is 5.99. The smallest absolute Gasteiger partial charge is 0.227 e. The maximum atomic E-state index is 13.3. The minimum absolute atomic E-state index is 0. The number of carbonyl (C=O) groups excluding carboxylic acids is 2. The molecular formula is C14H18ClF2N3O2. The third kappa shape index (κ3) is 4.64. The van der Waals surface area contributed by atoms with Crippen LogP contribution in [0, 0.1) is 17.6 Å². The van der Waals surface area contributed by atoms with Crippen molar-refractivity contribution in [2.75, 3.05) is 23.7 Å². The van der Waals surface area contributed by atoms with Gasteiger partial charge in [-0.25, -0.2) is 8.78 Å². The molecule has 5 nitrogen and oxygen atoms in total. The first kappa shape index (κ1) is 18.3. The lowest BCUT2D eigenvalue weighted by molar-refractivity contribution is -0.120. The van der Waals surface area contributed by atoms with Crippen LogP contribution in [-0.2, 0) is 9.59 Å². The second-order valence-electron chi connectivity index (χ2n) is 5.01. The highest BCUT2D eigenvalue weighted by Crippen LogP contribution is 2.26. The van der Waals surface area contributed by atoms with Gasteiger partial charge in [-0.1, -0.05) is 0 Å². The lowest BCUT2D eigenvalue weighted by Crippen LogP contribution is -2.34. The molecule has 0 atom stereocenters. The van der Waals surface area contributed by atoms with Gasteiger partial charge in [-0.05, 0) is 25.9 Å². The number of hydrogen-bond acceptors (Lipinski definition) is 3. The first-order valence-electron chi connectivity index (χ1n) is 6.75. The lowest BCUT2D eigenvalue weighted by Gasteiger charge is -2.22. The molecule has 122 valence electrons. The van der Waals surface area contributed by atoms with Crippen LogP contribution in [-0.4, -0.2) is 24.9 Å². The molecule has 1 aliphatic heterocycles. The van der Waals surface area contributed by atoms with Crippen molar-refractivity contribution in [1.82, 2.24) is 5.32 Å². The fourth-order valence-corrected chi connectivity index (χ4v) is 2.26. The van der Waals surface area contributed by atoms with Crippen LogP contribution in [0.1, 0.15) is 19.8 Å². The van der Waals surface area contributed by atoms with Crippen LogP contribution in [0.2, 0.25) is 0 Å². The van der Waals surface area contributed by atoms with Crippen LogP contribution in [0.4, 0.5) is 20.2 Å². The fraction of sp³-hybridized carbons (Fsp3) is 0.429. The molecule has 0 radical (unpaired) electrons. The molecule has 8 heteroatoms. The Kier molecular flexibility index (Phi) is 6.70. The number of benzene rings is 1. The highest BCUT2D eigenvalue weighted by Gasteiger charge is 2.22. The van der Waals surface area contributed by atoms with Crippen molar-refractivity contribution in [3.05, 3.63) is 23.8 Å². The van der Waals surface area contributed by atoms with Gasteiger partial charge in [-0.3, -0.25) is 9.59 Å². The number of carbonyl (C=O) groups is 2. The van der Waals surface area contributed by atoms with Crippen molar-refractivity contribution in [2.45, 2.75) is 19.8 Å². The van der Waals surface area contributed by atoms with E-state index >= 15 is 0 Å². The van der Waals surface area contributed by atoms with Crippen LogP contribution in [0.25, 0.3) is 0 Å². The molecule has 2 rings (SSSR count). The average molecular weight is 334 g/mol. The number of rotatable bonds is 3. The third-order valence-electron chi connectivity index (χ3n) is 3.34. The Morgan fingerprint density at radius 2 is 1.59 bits per heavy atom. The summed E-state index contributed by atoms with van der Waals surface area (Å²) in [6.07, 6.45) is 1.37. The molecule has 0 aliphatic carbocycles. The molecule has 1 heterocycles. The Bertz CT molecular complexity index is 563. The second kappa shape index (κ2) is 8.05. The van der Waals surface area contributed by atoms with E-state index in [4.69, 9.17) is 0 Å². The Morgan fingerprint density at radius 3 is 2.09 bits per heavy atom. The number of hydrogen-bond donors (Lipinski definition) is 3. The van der Waals surface area contributed by atoms with E-state index in [0.29, 0.717) is 12.8 Å². The van der Waals surface area contributed by atoms with Crippen molar-refractivity contribution in [2.24, 2.45) is 5.92 Å². The van der Waals surface area contributed by atoms with Crippen molar-refractivity contribution < 1.29 is 18.4 Å². The van der Waals surface area contributed by atoms with Crippen LogP contribution in [0.15, 0.2) is 12.1 Å². The van der Waals surface area contributed by atoms with Crippen LogP contribution in [0.3, 0.4) is 0 Å². The van der Waals surface area contributed by atoms with E-state index in [1.165, 1.54) is 6.92 Å². The average Bonchev–Trinajstić information content (AvgIpc) is 2.44. The van der Waals surface area contributed by atoms with Crippen molar-refractivity contribution in [3.8, 4) is 0 Å². The minimum atomic E-state index is -1.08. The van der Waals surface area contributed by atoms with Gasteiger partial charge >= 0.3 is 0 Å². The minimum Gasteiger partial charge on any atom is -0.324 e. The highest BCUT2D eigenvalue weighted by atomic mass is 35.5. The Labute approximate surface area is 133 Å². The van der Waals surface area contributed by atoms with Gasteiger partial charge < -0.3 is 16.0 Å². The van der Waals surface area contributed by atoms with Crippen LogP contribution >= 0.6 is 12.4 Å². The number of anilines is 2. The van der Waals surface area contributed by atoms with Gasteiger partial charge in [0.1, 0.15) is 0 Å². The number of nitrogens with one attached hydrogen (secondary N) is 3. The van der Waals surface area contributed by atoms with E-state index in [-0.39, 0.29) is 35.6 Å².